The van der Waals surface area contributed by atoms with Crippen molar-refractivity contribution in [1.82, 2.24) is 8.61 Å². The summed E-state index contributed by atoms with van der Waals surface area (Å²) in [5.41, 5.74) is 5.49. The quantitative estimate of drug-likeness (QED) is 0.825. The van der Waals surface area contributed by atoms with Gasteiger partial charge in [0.25, 0.3) is 10.2 Å². The van der Waals surface area contributed by atoms with E-state index in [1.54, 1.807) is 11.4 Å². The van der Waals surface area contributed by atoms with Crippen molar-refractivity contribution < 1.29 is 8.42 Å². The molecule has 19 heavy (non-hydrogen) atoms. The lowest BCUT2D eigenvalue weighted by atomic mass is 9.94. The van der Waals surface area contributed by atoms with Crippen molar-refractivity contribution in [1.29, 1.82) is 0 Å². The van der Waals surface area contributed by atoms with Crippen molar-refractivity contribution in [2.45, 2.75) is 34.1 Å². The maximum Gasteiger partial charge on any atom is 0.281 e. The van der Waals surface area contributed by atoms with E-state index in [-0.39, 0.29) is 5.41 Å². The first kappa shape index (κ1) is 16.9. The number of nitrogens with zero attached hydrogens (tertiary/aromatic N) is 2. The molecule has 1 saturated heterocycles. The molecule has 0 radical (unpaired) electrons. The number of rotatable bonds is 5. The SMILES string of the molecule is CC1CC(C)CN(S(=O)(=O)N(C)CC(C)(C)CN)C1. The second kappa shape index (κ2) is 6.08. The number of piperidine rings is 1. The van der Waals surface area contributed by atoms with Crippen molar-refractivity contribution in [3.63, 3.8) is 0 Å². The van der Waals surface area contributed by atoms with Crippen LogP contribution in [-0.2, 0) is 10.2 Å². The van der Waals surface area contributed by atoms with Crippen LogP contribution in [0.1, 0.15) is 34.1 Å². The van der Waals surface area contributed by atoms with E-state index in [1.807, 2.05) is 13.8 Å². The molecule has 1 heterocycles. The van der Waals surface area contributed by atoms with Crippen LogP contribution in [0.4, 0.5) is 0 Å². The number of nitrogens with two attached hydrogens (primary N) is 1. The molecule has 0 aromatic carbocycles. The van der Waals surface area contributed by atoms with E-state index in [4.69, 9.17) is 5.73 Å². The summed E-state index contributed by atoms with van der Waals surface area (Å²) in [6, 6.07) is 0. The van der Waals surface area contributed by atoms with Crippen molar-refractivity contribution >= 4 is 10.2 Å². The first-order chi connectivity index (χ1) is 8.58. The molecule has 114 valence electrons. The van der Waals surface area contributed by atoms with Crippen LogP contribution in [0.5, 0.6) is 0 Å². The Morgan fingerprint density at radius 1 is 1.26 bits per heavy atom. The predicted molar refractivity (Wildman–Crippen MR) is 78.9 cm³/mol. The minimum atomic E-state index is -3.36. The third-order valence-electron chi connectivity index (χ3n) is 3.76. The maximum atomic E-state index is 12.6. The standard InChI is InChI=1S/C13H29N3O2S/c1-11-6-12(2)8-16(7-11)19(17,18)15(5)10-13(3,4)9-14/h11-12H,6-10,14H2,1-5H3. The van der Waals surface area contributed by atoms with Gasteiger partial charge in [-0.25, -0.2) is 0 Å². The van der Waals surface area contributed by atoms with Gasteiger partial charge in [-0.3, -0.25) is 0 Å². The molecule has 0 aromatic heterocycles. The van der Waals surface area contributed by atoms with Crippen LogP contribution in [0, 0.1) is 17.3 Å². The molecule has 0 spiro atoms. The fourth-order valence-corrected chi connectivity index (χ4v) is 4.53. The molecular weight excluding hydrogens is 262 g/mol. The summed E-state index contributed by atoms with van der Waals surface area (Å²) in [7, 11) is -1.71. The minimum absolute atomic E-state index is 0.200. The highest BCUT2D eigenvalue weighted by Gasteiger charge is 2.35. The normalized spacial score (nSPS) is 26.9. The van der Waals surface area contributed by atoms with E-state index < -0.39 is 10.2 Å². The summed E-state index contributed by atoms with van der Waals surface area (Å²) >= 11 is 0. The smallest absolute Gasteiger partial charge is 0.281 e. The molecule has 1 fully saturated rings. The van der Waals surface area contributed by atoms with E-state index >= 15 is 0 Å². The molecule has 1 aliphatic heterocycles. The van der Waals surface area contributed by atoms with Crippen LogP contribution in [-0.4, -0.2) is 50.3 Å². The molecule has 2 atom stereocenters. The van der Waals surface area contributed by atoms with Crippen LogP contribution in [0.25, 0.3) is 0 Å². The van der Waals surface area contributed by atoms with E-state index in [0.29, 0.717) is 38.0 Å². The van der Waals surface area contributed by atoms with E-state index in [2.05, 4.69) is 13.8 Å². The monoisotopic (exact) mass is 291 g/mol. The highest BCUT2D eigenvalue weighted by atomic mass is 32.2. The van der Waals surface area contributed by atoms with Crippen LogP contribution in [0.2, 0.25) is 0 Å². The van der Waals surface area contributed by atoms with Gasteiger partial charge in [0.2, 0.25) is 0 Å². The summed E-state index contributed by atoms with van der Waals surface area (Å²) < 4.78 is 28.2. The van der Waals surface area contributed by atoms with Crippen molar-refractivity contribution in [3.05, 3.63) is 0 Å². The average molecular weight is 291 g/mol. The Labute approximate surface area is 118 Å². The van der Waals surface area contributed by atoms with Crippen LogP contribution in [0.15, 0.2) is 0 Å². The molecule has 1 rings (SSSR count). The Morgan fingerprint density at radius 3 is 2.16 bits per heavy atom. The molecule has 0 aliphatic carbocycles. The maximum absolute atomic E-state index is 12.6. The highest BCUT2D eigenvalue weighted by Crippen LogP contribution is 2.25. The van der Waals surface area contributed by atoms with E-state index in [9.17, 15) is 8.42 Å². The number of hydrogen-bond donors (Lipinski definition) is 1. The molecule has 2 unspecified atom stereocenters. The fraction of sp³-hybridized carbons (Fsp3) is 1.00. The van der Waals surface area contributed by atoms with E-state index in [0.717, 1.165) is 6.42 Å². The fourth-order valence-electron chi connectivity index (χ4n) is 2.74. The molecule has 5 nitrogen and oxygen atoms in total. The van der Waals surface area contributed by atoms with Gasteiger partial charge in [-0.05, 0) is 30.2 Å². The zero-order valence-corrected chi connectivity index (χ0v) is 13.7. The highest BCUT2D eigenvalue weighted by molar-refractivity contribution is 7.86. The van der Waals surface area contributed by atoms with Gasteiger partial charge in [-0.1, -0.05) is 27.7 Å². The molecule has 2 N–H and O–H groups in total. The van der Waals surface area contributed by atoms with Crippen molar-refractivity contribution in [2.24, 2.45) is 23.0 Å². The van der Waals surface area contributed by atoms with Gasteiger partial charge in [0.15, 0.2) is 0 Å². The van der Waals surface area contributed by atoms with Crippen molar-refractivity contribution in [3.8, 4) is 0 Å². The summed E-state index contributed by atoms with van der Waals surface area (Å²) in [5.74, 6) is 0.851. The topological polar surface area (TPSA) is 66.6 Å². The lowest BCUT2D eigenvalue weighted by Gasteiger charge is -2.38. The van der Waals surface area contributed by atoms with E-state index in [1.165, 1.54) is 4.31 Å². The van der Waals surface area contributed by atoms with Gasteiger partial charge < -0.3 is 5.73 Å². The van der Waals surface area contributed by atoms with Gasteiger partial charge in [-0.15, -0.1) is 0 Å². The molecule has 0 bridgehead atoms. The number of hydrogen-bond acceptors (Lipinski definition) is 3. The molecular formula is C13H29N3O2S. The van der Waals surface area contributed by atoms with Gasteiger partial charge in [0.1, 0.15) is 0 Å². The summed E-state index contributed by atoms with van der Waals surface area (Å²) in [4.78, 5) is 0. The second-order valence-corrected chi connectivity index (χ2v) is 8.93. The summed E-state index contributed by atoms with van der Waals surface area (Å²) in [5, 5.41) is 0. The van der Waals surface area contributed by atoms with Crippen LogP contribution < -0.4 is 5.73 Å². The Hall–Kier alpha value is -0.170. The zero-order valence-electron chi connectivity index (χ0n) is 12.9. The zero-order chi connectivity index (χ0) is 14.8. The molecule has 6 heteroatoms. The van der Waals surface area contributed by atoms with Gasteiger partial charge in [-0.2, -0.15) is 17.0 Å². The lowest BCUT2D eigenvalue weighted by Crippen LogP contribution is -2.50. The van der Waals surface area contributed by atoms with Crippen LogP contribution in [0.3, 0.4) is 0 Å². The van der Waals surface area contributed by atoms with Crippen LogP contribution >= 0.6 is 0 Å². The largest absolute Gasteiger partial charge is 0.330 e. The third-order valence-corrected chi connectivity index (χ3v) is 5.63. The minimum Gasteiger partial charge on any atom is -0.330 e. The summed E-state index contributed by atoms with van der Waals surface area (Å²) in [6.07, 6.45) is 1.10. The molecule has 1 aliphatic rings. The van der Waals surface area contributed by atoms with Gasteiger partial charge in [0, 0.05) is 26.7 Å². The Kier molecular flexibility index (Phi) is 5.40. The molecule has 0 saturated carbocycles. The predicted octanol–water partition coefficient (Wildman–Crippen LogP) is 1.13. The Bertz CT molecular complexity index is 385. The Balaban J connectivity index is 2.79. The first-order valence-corrected chi connectivity index (χ1v) is 8.39. The first-order valence-electron chi connectivity index (χ1n) is 7.00. The third kappa shape index (κ3) is 4.41. The molecule has 0 amide bonds. The van der Waals surface area contributed by atoms with Gasteiger partial charge in [0.05, 0.1) is 0 Å². The lowest BCUT2D eigenvalue weighted by molar-refractivity contribution is 0.203. The van der Waals surface area contributed by atoms with Crippen molar-refractivity contribution in [2.75, 3.05) is 33.2 Å². The molecule has 0 aromatic rings. The second-order valence-electron chi connectivity index (χ2n) is 6.90. The summed E-state index contributed by atoms with van der Waals surface area (Å²) in [6.45, 7) is 10.4. The average Bonchev–Trinajstić information content (AvgIpc) is 2.27. The van der Waals surface area contributed by atoms with Gasteiger partial charge >= 0.3 is 0 Å². The Morgan fingerprint density at radius 2 is 1.74 bits per heavy atom.